The van der Waals surface area contributed by atoms with E-state index in [0.717, 1.165) is 45.3 Å². The number of amides is 1. The van der Waals surface area contributed by atoms with Crippen LogP contribution in [0.1, 0.15) is 50.8 Å². The summed E-state index contributed by atoms with van der Waals surface area (Å²) in [6, 6.07) is 0. The average Bonchev–Trinajstić information content (AvgIpc) is 3.16. The number of rotatable bonds is 8. The van der Waals surface area contributed by atoms with Crippen molar-refractivity contribution in [1.82, 2.24) is 24.1 Å². The lowest BCUT2D eigenvalue weighted by molar-refractivity contribution is -0.121. The number of fused-ring (bicyclic) bond motifs is 1. The minimum atomic E-state index is -3.79. The molecule has 0 spiro atoms. The summed E-state index contributed by atoms with van der Waals surface area (Å²) in [4.78, 5) is 33.6. The Morgan fingerprint density at radius 1 is 1.17 bits per heavy atom. The van der Waals surface area contributed by atoms with Gasteiger partial charge >= 0.3 is 0 Å². The van der Waals surface area contributed by atoms with Crippen molar-refractivity contribution in [2.24, 2.45) is 11.8 Å². The third-order valence-corrected chi connectivity index (χ3v) is 10.2. The maximum Gasteiger partial charge on any atom is 0.263 e. The van der Waals surface area contributed by atoms with Gasteiger partial charge in [-0.25, -0.2) is 13.4 Å². The van der Waals surface area contributed by atoms with Crippen LogP contribution in [0.4, 0.5) is 0 Å². The molecule has 0 radical (unpaired) electrons. The fourth-order valence-electron chi connectivity index (χ4n) is 5.49. The molecule has 4 rings (SSSR count). The van der Waals surface area contributed by atoms with Crippen molar-refractivity contribution in [3.63, 3.8) is 0 Å². The van der Waals surface area contributed by atoms with Gasteiger partial charge in [0, 0.05) is 37.6 Å². The highest BCUT2D eigenvalue weighted by Gasteiger charge is 2.32. The number of carbonyl (C=O) groups is 1. The molecule has 11 heteroatoms. The number of nitrogens with zero attached hydrogens (tertiary/aromatic N) is 4. The van der Waals surface area contributed by atoms with Crippen LogP contribution < -0.4 is 10.9 Å². The predicted molar refractivity (Wildman–Crippen MR) is 138 cm³/mol. The third-order valence-electron chi connectivity index (χ3n) is 6.94. The Hall–Kier alpha value is -1.82. The first-order chi connectivity index (χ1) is 16.7. The maximum atomic E-state index is 13.4. The van der Waals surface area contributed by atoms with Crippen LogP contribution in [0, 0.1) is 18.8 Å². The summed E-state index contributed by atoms with van der Waals surface area (Å²) in [5.41, 5.74) is -0.485. The van der Waals surface area contributed by atoms with E-state index >= 15 is 0 Å². The lowest BCUT2D eigenvalue weighted by Gasteiger charge is -2.34. The van der Waals surface area contributed by atoms with Gasteiger partial charge in [0.15, 0.2) is 0 Å². The van der Waals surface area contributed by atoms with E-state index in [4.69, 9.17) is 0 Å². The first kappa shape index (κ1) is 26.2. The molecule has 194 valence electrons. The van der Waals surface area contributed by atoms with Gasteiger partial charge in [-0.05, 0) is 51.0 Å². The fraction of sp³-hybridized carbons (Fsp3) is 0.708. The molecule has 2 aromatic rings. The lowest BCUT2D eigenvalue weighted by Crippen LogP contribution is -2.40. The van der Waals surface area contributed by atoms with Crippen molar-refractivity contribution in [2.75, 3.05) is 39.3 Å². The number of thiophene rings is 1. The largest absolute Gasteiger partial charge is 0.354 e. The molecule has 9 nitrogen and oxygen atoms in total. The van der Waals surface area contributed by atoms with Crippen LogP contribution in [0.15, 0.2) is 16.0 Å². The quantitative estimate of drug-likeness (QED) is 0.533. The predicted octanol–water partition coefficient (Wildman–Crippen LogP) is 2.43. The summed E-state index contributed by atoms with van der Waals surface area (Å²) in [5, 5.41) is 2.99. The molecule has 2 aromatic heterocycles. The molecule has 2 atom stereocenters. The molecule has 2 aliphatic heterocycles. The molecule has 0 saturated carbocycles. The number of likely N-dealkylation sites (tertiary alicyclic amines) is 1. The lowest BCUT2D eigenvalue weighted by atomic mass is 9.92. The van der Waals surface area contributed by atoms with Crippen molar-refractivity contribution in [3.05, 3.63) is 21.6 Å². The van der Waals surface area contributed by atoms with Gasteiger partial charge in [-0.15, -0.1) is 11.3 Å². The molecule has 4 heterocycles. The van der Waals surface area contributed by atoms with Crippen molar-refractivity contribution in [2.45, 2.75) is 64.3 Å². The molecule has 35 heavy (non-hydrogen) atoms. The Labute approximate surface area is 211 Å². The van der Waals surface area contributed by atoms with Crippen molar-refractivity contribution >= 4 is 37.5 Å². The first-order valence-corrected chi connectivity index (χ1v) is 14.9. The van der Waals surface area contributed by atoms with Gasteiger partial charge in [-0.1, -0.05) is 20.3 Å². The topological polar surface area (TPSA) is 105 Å². The summed E-state index contributed by atoms with van der Waals surface area (Å²) in [7, 11) is -3.79. The molecule has 0 aromatic carbocycles. The number of piperidine rings is 2. The van der Waals surface area contributed by atoms with E-state index in [1.807, 2.05) is 0 Å². The zero-order valence-corrected chi connectivity index (χ0v) is 22.6. The Balaban J connectivity index is 1.42. The third kappa shape index (κ3) is 5.95. The molecule has 0 unspecified atom stereocenters. The highest BCUT2D eigenvalue weighted by Crippen LogP contribution is 2.33. The number of aromatic nitrogens is 2. The second-order valence-electron chi connectivity index (χ2n) is 10.2. The molecule has 2 aliphatic rings. The van der Waals surface area contributed by atoms with Gasteiger partial charge in [-0.2, -0.15) is 4.31 Å². The van der Waals surface area contributed by atoms with E-state index in [1.54, 1.807) is 6.92 Å². The summed E-state index contributed by atoms with van der Waals surface area (Å²) in [6.07, 6.45) is 6.10. The van der Waals surface area contributed by atoms with Crippen molar-refractivity contribution in [1.29, 1.82) is 0 Å². The first-order valence-electron chi connectivity index (χ1n) is 12.6. The van der Waals surface area contributed by atoms with E-state index in [-0.39, 0.29) is 22.7 Å². The number of sulfonamides is 1. The second-order valence-corrected chi connectivity index (χ2v) is 13.3. The van der Waals surface area contributed by atoms with Gasteiger partial charge in [0.1, 0.15) is 16.3 Å². The fourth-order valence-corrected chi connectivity index (χ4v) is 8.67. The summed E-state index contributed by atoms with van der Waals surface area (Å²) in [6.45, 7) is 10.7. The van der Waals surface area contributed by atoms with Crippen LogP contribution in [0.2, 0.25) is 0 Å². The average molecular weight is 524 g/mol. The van der Waals surface area contributed by atoms with Crippen LogP contribution in [0.5, 0.6) is 0 Å². The van der Waals surface area contributed by atoms with Gasteiger partial charge in [0.2, 0.25) is 15.9 Å². The molecule has 2 saturated heterocycles. The number of carbonyl (C=O) groups excluding carboxylic acids is 1. The second kappa shape index (κ2) is 11.1. The highest BCUT2D eigenvalue weighted by molar-refractivity contribution is 7.89. The van der Waals surface area contributed by atoms with E-state index in [0.29, 0.717) is 41.2 Å². The van der Waals surface area contributed by atoms with Crippen LogP contribution in [-0.4, -0.2) is 72.3 Å². The Bertz CT molecular complexity index is 1210. The Morgan fingerprint density at radius 3 is 2.54 bits per heavy atom. The SMILES string of the molecule is Cc1sc2ncn(CC(=O)NCCCN3C[C@H](C)C[C@@H](C)C3)c(=O)c2c1S(=O)(=O)N1CCCCC1. The number of hydrogen-bond acceptors (Lipinski definition) is 7. The minimum Gasteiger partial charge on any atom is -0.354 e. The number of hydrogen-bond donors (Lipinski definition) is 1. The normalized spacial score (nSPS) is 22.5. The Kier molecular flexibility index (Phi) is 8.30. The summed E-state index contributed by atoms with van der Waals surface area (Å²) < 4.78 is 29.5. The van der Waals surface area contributed by atoms with Gasteiger partial charge < -0.3 is 10.2 Å². The van der Waals surface area contributed by atoms with E-state index in [9.17, 15) is 18.0 Å². The zero-order chi connectivity index (χ0) is 25.2. The molecule has 0 aliphatic carbocycles. The standard InChI is InChI=1S/C24H37N5O4S2/c1-17-12-18(2)14-27(13-17)9-7-8-25-20(30)15-28-16-26-23-21(24(28)31)22(19(3)34-23)35(32,33)29-10-5-4-6-11-29/h16-18H,4-15H2,1-3H3,(H,25,30)/t17-,18-/m1/s1. The van der Waals surface area contributed by atoms with Crippen LogP contribution in [0.25, 0.3) is 10.2 Å². The summed E-state index contributed by atoms with van der Waals surface area (Å²) >= 11 is 1.21. The van der Waals surface area contributed by atoms with Crippen molar-refractivity contribution in [3.8, 4) is 0 Å². The molecule has 0 bridgehead atoms. The molecular formula is C24H37N5O4S2. The smallest absolute Gasteiger partial charge is 0.263 e. The molecular weight excluding hydrogens is 486 g/mol. The maximum absolute atomic E-state index is 13.4. The number of aryl methyl sites for hydroxylation is 1. The van der Waals surface area contributed by atoms with E-state index in [2.05, 4.69) is 29.0 Å². The van der Waals surface area contributed by atoms with Crippen LogP contribution >= 0.6 is 11.3 Å². The monoisotopic (exact) mass is 523 g/mol. The zero-order valence-electron chi connectivity index (χ0n) is 21.0. The van der Waals surface area contributed by atoms with Gasteiger partial charge in [0.25, 0.3) is 5.56 Å². The minimum absolute atomic E-state index is 0.0525. The number of nitrogens with one attached hydrogen (secondary N) is 1. The molecule has 2 fully saturated rings. The van der Waals surface area contributed by atoms with Crippen LogP contribution in [-0.2, 0) is 21.4 Å². The van der Waals surface area contributed by atoms with Crippen molar-refractivity contribution < 1.29 is 13.2 Å². The highest BCUT2D eigenvalue weighted by atomic mass is 32.2. The molecule has 1 N–H and O–H groups in total. The van der Waals surface area contributed by atoms with Crippen LogP contribution in [0.3, 0.4) is 0 Å². The summed E-state index contributed by atoms with van der Waals surface area (Å²) in [5.74, 6) is 1.13. The van der Waals surface area contributed by atoms with E-state index < -0.39 is 15.6 Å². The Morgan fingerprint density at radius 2 is 1.86 bits per heavy atom. The van der Waals surface area contributed by atoms with Gasteiger partial charge in [-0.3, -0.25) is 14.2 Å². The van der Waals surface area contributed by atoms with Gasteiger partial charge in [0.05, 0.1) is 11.7 Å². The van der Waals surface area contributed by atoms with E-state index in [1.165, 1.54) is 33.0 Å². The molecule has 1 amide bonds.